The lowest BCUT2D eigenvalue weighted by Gasteiger charge is -2.07. The molecule has 0 aliphatic rings. The summed E-state index contributed by atoms with van der Waals surface area (Å²) in [6.07, 6.45) is 1.32. The van der Waals surface area contributed by atoms with Crippen LogP contribution in [0, 0.1) is 5.92 Å². The van der Waals surface area contributed by atoms with Crippen LogP contribution in [-0.4, -0.2) is 28.8 Å². The van der Waals surface area contributed by atoms with Crippen LogP contribution in [0.15, 0.2) is 30.3 Å². The number of unbranched alkanes of at least 4 members (excludes halogenated alkanes) is 1. The van der Waals surface area contributed by atoms with E-state index in [2.05, 4.69) is 0 Å². The van der Waals surface area contributed by atoms with E-state index in [0.717, 1.165) is 5.56 Å². The van der Waals surface area contributed by atoms with Crippen LogP contribution in [0.1, 0.15) is 24.8 Å². The van der Waals surface area contributed by atoms with E-state index in [1.165, 1.54) is 0 Å². The molecule has 5 heteroatoms. The normalized spacial score (nSPS) is 10.6. The van der Waals surface area contributed by atoms with Gasteiger partial charge in [-0.25, -0.2) is 0 Å². The van der Waals surface area contributed by atoms with Crippen molar-refractivity contribution in [2.75, 3.05) is 6.61 Å². The number of carbonyl (C=O) groups is 2. The second-order valence-corrected chi connectivity index (χ2v) is 4.26. The van der Waals surface area contributed by atoms with Crippen LogP contribution in [0.3, 0.4) is 0 Å². The van der Waals surface area contributed by atoms with Gasteiger partial charge in [0.1, 0.15) is 0 Å². The first-order chi connectivity index (χ1) is 9.11. The zero-order chi connectivity index (χ0) is 14.1. The lowest BCUT2D eigenvalue weighted by atomic mass is 10.0. The molecule has 0 aliphatic carbocycles. The van der Waals surface area contributed by atoms with E-state index in [1.54, 1.807) is 0 Å². The van der Waals surface area contributed by atoms with Gasteiger partial charge in [-0.15, -0.1) is 0 Å². The number of carboxylic acid groups (broad SMARTS) is 2. The van der Waals surface area contributed by atoms with E-state index in [1.807, 2.05) is 30.3 Å². The summed E-state index contributed by atoms with van der Waals surface area (Å²) in [4.78, 5) is 21.3. The quantitative estimate of drug-likeness (QED) is 0.528. The summed E-state index contributed by atoms with van der Waals surface area (Å²) in [5.41, 5.74) is 1.08. The highest BCUT2D eigenvalue weighted by molar-refractivity contribution is 5.92. The van der Waals surface area contributed by atoms with E-state index >= 15 is 0 Å². The van der Waals surface area contributed by atoms with Crippen molar-refractivity contribution in [3.05, 3.63) is 35.9 Å². The van der Waals surface area contributed by atoms with Crippen molar-refractivity contribution < 1.29 is 24.5 Å². The number of hydrogen-bond acceptors (Lipinski definition) is 3. The second kappa shape index (κ2) is 8.26. The number of carboxylic acids is 2. The van der Waals surface area contributed by atoms with E-state index in [-0.39, 0.29) is 6.42 Å². The van der Waals surface area contributed by atoms with Crippen LogP contribution in [0.2, 0.25) is 0 Å². The first-order valence-electron chi connectivity index (χ1n) is 6.18. The van der Waals surface area contributed by atoms with Gasteiger partial charge in [0.2, 0.25) is 0 Å². The molecule has 0 heterocycles. The maximum atomic E-state index is 10.6. The van der Waals surface area contributed by atoms with E-state index in [0.29, 0.717) is 26.1 Å². The minimum Gasteiger partial charge on any atom is -0.481 e. The number of aliphatic carboxylic acids is 2. The Morgan fingerprint density at radius 3 is 2.26 bits per heavy atom. The summed E-state index contributed by atoms with van der Waals surface area (Å²) in [6.45, 7) is 1.02. The van der Waals surface area contributed by atoms with Gasteiger partial charge in [0.15, 0.2) is 5.92 Å². The Kier molecular flexibility index (Phi) is 6.60. The Hall–Kier alpha value is -1.88. The van der Waals surface area contributed by atoms with Gasteiger partial charge in [-0.05, 0) is 24.8 Å². The molecule has 0 aliphatic heterocycles. The molecule has 0 amide bonds. The molecule has 1 rings (SSSR count). The Balaban J connectivity index is 2.11. The van der Waals surface area contributed by atoms with E-state index in [9.17, 15) is 9.59 Å². The third kappa shape index (κ3) is 6.01. The number of rotatable bonds is 9. The first-order valence-corrected chi connectivity index (χ1v) is 6.18. The summed E-state index contributed by atoms with van der Waals surface area (Å²) >= 11 is 0. The van der Waals surface area contributed by atoms with Gasteiger partial charge in [-0.2, -0.15) is 0 Å². The van der Waals surface area contributed by atoms with Crippen molar-refractivity contribution in [1.82, 2.24) is 0 Å². The highest BCUT2D eigenvalue weighted by Crippen LogP contribution is 2.10. The molecule has 104 valence electrons. The zero-order valence-corrected chi connectivity index (χ0v) is 10.6. The average Bonchev–Trinajstić information content (AvgIpc) is 2.38. The molecule has 0 unspecified atom stereocenters. The predicted octanol–water partition coefficient (Wildman–Crippen LogP) is 2.16. The third-order valence-corrected chi connectivity index (χ3v) is 2.74. The summed E-state index contributed by atoms with van der Waals surface area (Å²) in [5.74, 6) is -3.87. The number of ether oxygens (including phenoxy) is 1. The Morgan fingerprint density at radius 2 is 1.68 bits per heavy atom. The van der Waals surface area contributed by atoms with Crippen LogP contribution in [0.5, 0.6) is 0 Å². The molecule has 2 N–H and O–H groups in total. The van der Waals surface area contributed by atoms with Crippen molar-refractivity contribution in [1.29, 1.82) is 0 Å². The standard InChI is InChI=1S/C14H18O5/c15-13(16)12(14(17)18)8-4-5-9-19-10-11-6-2-1-3-7-11/h1-3,6-7,12H,4-5,8-10H2,(H,15,16)(H,17,18). The van der Waals surface area contributed by atoms with E-state index < -0.39 is 17.9 Å². The molecule has 0 fully saturated rings. The van der Waals surface area contributed by atoms with Gasteiger partial charge in [0.25, 0.3) is 0 Å². The van der Waals surface area contributed by atoms with Crippen LogP contribution >= 0.6 is 0 Å². The molecule has 0 spiro atoms. The van der Waals surface area contributed by atoms with Crippen LogP contribution in [0.4, 0.5) is 0 Å². The van der Waals surface area contributed by atoms with Crippen LogP contribution < -0.4 is 0 Å². The van der Waals surface area contributed by atoms with Crippen LogP contribution in [0.25, 0.3) is 0 Å². The topological polar surface area (TPSA) is 83.8 Å². The predicted molar refractivity (Wildman–Crippen MR) is 68.7 cm³/mol. The fourth-order valence-corrected chi connectivity index (χ4v) is 1.67. The van der Waals surface area contributed by atoms with Gasteiger partial charge < -0.3 is 14.9 Å². The molecular weight excluding hydrogens is 248 g/mol. The third-order valence-electron chi connectivity index (χ3n) is 2.74. The van der Waals surface area contributed by atoms with E-state index in [4.69, 9.17) is 14.9 Å². The molecule has 0 saturated carbocycles. The summed E-state index contributed by atoms with van der Waals surface area (Å²) in [6, 6.07) is 9.73. The molecular formula is C14H18O5. The van der Waals surface area contributed by atoms with Gasteiger partial charge >= 0.3 is 11.9 Å². The highest BCUT2D eigenvalue weighted by atomic mass is 16.5. The Morgan fingerprint density at radius 1 is 1.05 bits per heavy atom. The average molecular weight is 266 g/mol. The fourth-order valence-electron chi connectivity index (χ4n) is 1.67. The highest BCUT2D eigenvalue weighted by Gasteiger charge is 2.24. The maximum absolute atomic E-state index is 10.6. The summed E-state index contributed by atoms with van der Waals surface area (Å²) < 4.78 is 5.43. The number of benzene rings is 1. The second-order valence-electron chi connectivity index (χ2n) is 4.26. The lowest BCUT2D eigenvalue weighted by molar-refractivity contribution is -0.154. The SMILES string of the molecule is O=C(O)C(CCCCOCc1ccccc1)C(=O)O. The monoisotopic (exact) mass is 266 g/mol. The summed E-state index contributed by atoms with van der Waals surface area (Å²) in [5, 5.41) is 17.4. The molecule has 19 heavy (non-hydrogen) atoms. The minimum absolute atomic E-state index is 0.138. The summed E-state index contributed by atoms with van der Waals surface area (Å²) in [7, 11) is 0. The van der Waals surface area contributed by atoms with Crippen molar-refractivity contribution in [2.24, 2.45) is 5.92 Å². The lowest BCUT2D eigenvalue weighted by Crippen LogP contribution is -2.23. The molecule has 0 aromatic heterocycles. The van der Waals surface area contributed by atoms with Gasteiger partial charge in [0.05, 0.1) is 6.61 Å². The molecule has 1 aromatic carbocycles. The molecule has 1 aromatic rings. The molecule has 0 saturated heterocycles. The molecule has 0 radical (unpaired) electrons. The first kappa shape index (κ1) is 15.2. The van der Waals surface area contributed by atoms with Gasteiger partial charge in [0, 0.05) is 6.61 Å². The smallest absolute Gasteiger partial charge is 0.317 e. The molecule has 0 atom stereocenters. The Bertz CT molecular complexity index is 388. The van der Waals surface area contributed by atoms with Gasteiger partial charge in [-0.1, -0.05) is 30.3 Å². The van der Waals surface area contributed by atoms with Crippen molar-refractivity contribution in [3.8, 4) is 0 Å². The fraction of sp³-hybridized carbons (Fsp3) is 0.429. The zero-order valence-electron chi connectivity index (χ0n) is 10.6. The molecule has 5 nitrogen and oxygen atoms in total. The largest absolute Gasteiger partial charge is 0.481 e. The van der Waals surface area contributed by atoms with Crippen molar-refractivity contribution in [2.45, 2.75) is 25.9 Å². The van der Waals surface area contributed by atoms with Crippen molar-refractivity contribution in [3.63, 3.8) is 0 Å². The Labute approximate surface area is 111 Å². The molecule has 0 bridgehead atoms. The van der Waals surface area contributed by atoms with Crippen LogP contribution in [-0.2, 0) is 20.9 Å². The minimum atomic E-state index is -1.31. The maximum Gasteiger partial charge on any atom is 0.317 e. The van der Waals surface area contributed by atoms with Gasteiger partial charge in [-0.3, -0.25) is 9.59 Å². The number of hydrogen-bond donors (Lipinski definition) is 2. The van der Waals surface area contributed by atoms with Crippen molar-refractivity contribution >= 4 is 11.9 Å².